The molecule has 2 aliphatic rings. The fourth-order valence-corrected chi connectivity index (χ4v) is 4.81. The standard InChI is InChI=1S/C29H33ClN4O6/c1-21-5-7-25(40-21)18-34(17-22-6-8-26-27(15-22)39-20-38-26)28(35)19-33(10-9-32-11-13-37-14-12-32)29(36)31-24-4-2-3-23(30)16-24/h2-8,15-16H,9-14,17-20H2,1H3,(H,31,36). The van der Waals surface area contributed by atoms with Crippen LogP contribution in [-0.4, -0.2) is 79.4 Å². The van der Waals surface area contributed by atoms with Gasteiger partial charge in [0.25, 0.3) is 0 Å². The van der Waals surface area contributed by atoms with Crippen LogP contribution in [0.25, 0.3) is 0 Å². The zero-order valence-electron chi connectivity index (χ0n) is 22.4. The molecule has 1 fully saturated rings. The molecule has 1 N–H and O–H groups in total. The smallest absolute Gasteiger partial charge is 0.322 e. The fourth-order valence-electron chi connectivity index (χ4n) is 4.62. The molecule has 1 aromatic heterocycles. The molecule has 0 saturated carbocycles. The summed E-state index contributed by atoms with van der Waals surface area (Å²) in [7, 11) is 0. The molecule has 3 aromatic rings. The predicted molar refractivity (Wildman–Crippen MR) is 150 cm³/mol. The summed E-state index contributed by atoms with van der Waals surface area (Å²) in [6, 6.07) is 15.9. The third-order valence-corrected chi connectivity index (χ3v) is 7.02. The SMILES string of the molecule is Cc1ccc(CN(Cc2ccc3c(c2)OCO3)C(=O)CN(CCN2CCOCC2)C(=O)Nc2cccc(Cl)c2)o1. The van der Waals surface area contributed by atoms with Gasteiger partial charge in [0, 0.05) is 43.4 Å². The van der Waals surface area contributed by atoms with Gasteiger partial charge in [-0.2, -0.15) is 0 Å². The number of fused-ring (bicyclic) bond motifs is 1. The van der Waals surface area contributed by atoms with Crippen LogP contribution >= 0.6 is 11.6 Å². The zero-order chi connectivity index (χ0) is 27.9. The van der Waals surface area contributed by atoms with Crippen LogP contribution in [0.4, 0.5) is 10.5 Å². The number of carbonyl (C=O) groups is 2. The Labute approximate surface area is 238 Å². The highest BCUT2D eigenvalue weighted by Crippen LogP contribution is 2.33. The molecule has 2 aliphatic heterocycles. The van der Waals surface area contributed by atoms with Gasteiger partial charge in [-0.25, -0.2) is 4.79 Å². The van der Waals surface area contributed by atoms with E-state index in [1.807, 2.05) is 37.3 Å². The summed E-state index contributed by atoms with van der Waals surface area (Å²) in [5, 5.41) is 3.40. The minimum absolute atomic E-state index is 0.110. The van der Waals surface area contributed by atoms with Crippen molar-refractivity contribution in [3.63, 3.8) is 0 Å². The maximum Gasteiger partial charge on any atom is 0.322 e. The van der Waals surface area contributed by atoms with Gasteiger partial charge in [-0.15, -0.1) is 0 Å². The van der Waals surface area contributed by atoms with Crippen LogP contribution in [0.1, 0.15) is 17.1 Å². The number of furan rings is 1. The third kappa shape index (κ3) is 7.47. The first-order chi connectivity index (χ1) is 19.4. The van der Waals surface area contributed by atoms with E-state index in [-0.39, 0.29) is 31.8 Å². The van der Waals surface area contributed by atoms with E-state index in [1.165, 1.54) is 0 Å². The van der Waals surface area contributed by atoms with Gasteiger partial charge < -0.3 is 33.7 Å². The number of carbonyl (C=O) groups excluding carboxylic acids is 2. The van der Waals surface area contributed by atoms with Gasteiger partial charge in [0.05, 0.1) is 19.8 Å². The Morgan fingerprint density at radius 1 is 0.975 bits per heavy atom. The molecule has 0 unspecified atom stereocenters. The largest absolute Gasteiger partial charge is 0.464 e. The van der Waals surface area contributed by atoms with Crippen LogP contribution in [0.5, 0.6) is 11.5 Å². The second-order valence-electron chi connectivity index (χ2n) is 9.77. The Kier molecular flexibility index (Phi) is 9.10. The van der Waals surface area contributed by atoms with Crippen LogP contribution in [0.15, 0.2) is 59.0 Å². The van der Waals surface area contributed by atoms with Crippen molar-refractivity contribution in [3.05, 3.63) is 76.7 Å². The summed E-state index contributed by atoms with van der Waals surface area (Å²) >= 11 is 6.12. The van der Waals surface area contributed by atoms with Gasteiger partial charge in [0.2, 0.25) is 12.7 Å². The van der Waals surface area contributed by atoms with Gasteiger partial charge >= 0.3 is 6.03 Å². The highest BCUT2D eigenvalue weighted by atomic mass is 35.5. The lowest BCUT2D eigenvalue weighted by atomic mass is 10.2. The fraction of sp³-hybridized carbons (Fsp3) is 0.379. The molecule has 5 rings (SSSR count). The third-order valence-electron chi connectivity index (χ3n) is 6.78. The predicted octanol–water partition coefficient (Wildman–Crippen LogP) is 4.37. The number of ether oxygens (including phenoxy) is 3. The van der Waals surface area contributed by atoms with E-state index < -0.39 is 0 Å². The molecule has 0 atom stereocenters. The van der Waals surface area contributed by atoms with Gasteiger partial charge in [0.1, 0.15) is 18.1 Å². The van der Waals surface area contributed by atoms with Crippen molar-refractivity contribution in [1.82, 2.24) is 14.7 Å². The van der Waals surface area contributed by atoms with Crippen molar-refractivity contribution in [2.75, 3.05) is 58.0 Å². The van der Waals surface area contributed by atoms with Gasteiger partial charge in [0.15, 0.2) is 11.5 Å². The Bertz CT molecular complexity index is 1330. The number of rotatable bonds is 10. The quantitative estimate of drug-likeness (QED) is 0.388. The number of aryl methyl sites for hydroxylation is 1. The first-order valence-corrected chi connectivity index (χ1v) is 13.6. The molecule has 1 saturated heterocycles. The second kappa shape index (κ2) is 13.1. The lowest BCUT2D eigenvalue weighted by molar-refractivity contribution is -0.133. The summed E-state index contributed by atoms with van der Waals surface area (Å²) in [5.41, 5.74) is 1.44. The number of halogens is 1. The monoisotopic (exact) mass is 568 g/mol. The van der Waals surface area contributed by atoms with Crippen LogP contribution in [0.2, 0.25) is 5.02 Å². The lowest BCUT2D eigenvalue weighted by Crippen LogP contribution is -2.48. The van der Waals surface area contributed by atoms with E-state index in [9.17, 15) is 9.59 Å². The first kappa shape index (κ1) is 27.8. The summed E-state index contributed by atoms with van der Waals surface area (Å²) in [6.45, 7) is 6.36. The average molecular weight is 569 g/mol. The number of hydrogen-bond donors (Lipinski definition) is 1. The van der Waals surface area contributed by atoms with Crippen molar-refractivity contribution in [1.29, 1.82) is 0 Å². The van der Waals surface area contributed by atoms with Gasteiger partial charge in [-0.1, -0.05) is 23.7 Å². The summed E-state index contributed by atoms with van der Waals surface area (Å²) in [4.78, 5) is 32.7. The number of benzene rings is 2. The van der Waals surface area contributed by atoms with Crippen molar-refractivity contribution in [2.24, 2.45) is 0 Å². The van der Waals surface area contributed by atoms with E-state index in [1.54, 1.807) is 34.1 Å². The normalized spacial score (nSPS) is 14.7. The molecule has 3 amide bonds. The van der Waals surface area contributed by atoms with E-state index >= 15 is 0 Å². The molecule has 11 heteroatoms. The van der Waals surface area contributed by atoms with Crippen LogP contribution < -0.4 is 14.8 Å². The molecular formula is C29H33ClN4O6. The molecular weight excluding hydrogens is 536 g/mol. The number of morpholine rings is 1. The molecule has 0 radical (unpaired) electrons. The highest BCUT2D eigenvalue weighted by molar-refractivity contribution is 6.30. The van der Waals surface area contributed by atoms with Crippen LogP contribution in [-0.2, 0) is 22.6 Å². The van der Waals surface area contributed by atoms with E-state index in [4.69, 9.17) is 30.2 Å². The molecule has 2 aromatic carbocycles. The van der Waals surface area contributed by atoms with E-state index in [2.05, 4.69) is 10.2 Å². The maximum atomic E-state index is 13.8. The second-order valence-corrected chi connectivity index (χ2v) is 10.2. The summed E-state index contributed by atoms with van der Waals surface area (Å²) in [5.74, 6) is 2.53. The average Bonchev–Trinajstić information content (AvgIpc) is 3.59. The Hall–Kier alpha value is -3.73. The number of nitrogens with one attached hydrogen (secondary N) is 1. The maximum absolute atomic E-state index is 13.8. The van der Waals surface area contributed by atoms with Gasteiger partial charge in [-0.05, 0) is 55.0 Å². The molecule has 0 bridgehead atoms. The molecule has 3 heterocycles. The topological polar surface area (TPSA) is 96.7 Å². The number of nitrogens with zero attached hydrogens (tertiary/aromatic N) is 3. The zero-order valence-corrected chi connectivity index (χ0v) is 23.2. The van der Waals surface area contributed by atoms with E-state index in [0.717, 1.165) is 24.4 Å². The van der Waals surface area contributed by atoms with Crippen LogP contribution in [0.3, 0.4) is 0 Å². The van der Waals surface area contributed by atoms with Gasteiger partial charge in [-0.3, -0.25) is 9.69 Å². The molecule has 0 spiro atoms. The minimum atomic E-state index is -0.374. The molecule has 40 heavy (non-hydrogen) atoms. The minimum Gasteiger partial charge on any atom is -0.464 e. The van der Waals surface area contributed by atoms with Crippen LogP contribution in [0, 0.1) is 6.92 Å². The number of amides is 3. The number of urea groups is 1. The number of anilines is 1. The van der Waals surface area contributed by atoms with E-state index in [0.29, 0.717) is 60.8 Å². The van der Waals surface area contributed by atoms with Crippen molar-refractivity contribution in [3.8, 4) is 11.5 Å². The van der Waals surface area contributed by atoms with Crippen molar-refractivity contribution in [2.45, 2.75) is 20.0 Å². The summed E-state index contributed by atoms with van der Waals surface area (Å²) < 4.78 is 22.2. The molecule has 10 nitrogen and oxygen atoms in total. The summed E-state index contributed by atoms with van der Waals surface area (Å²) in [6.07, 6.45) is 0. The Morgan fingerprint density at radius 3 is 2.58 bits per heavy atom. The molecule has 212 valence electrons. The lowest BCUT2D eigenvalue weighted by Gasteiger charge is -2.31. The highest BCUT2D eigenvalue weighted by Gasteiger charge is 2.25. The Morgan fingerprint density at radius 2 is 1.80 bits per heavy atom. The Balaban J connectivity index is 1.33. The molecule has 0 aliphatic carbocycles. The first-order valence-electron chi connectivity index (χ1n) is 13.3. The van der Waals surface area contributed by atoms with Crippen molar-refractivity contribution < 1.29 is 28.2 Å². The number of hydrogen-bond acceptors (Lipinski definition) is 7. The van der Waals surface area contributed by atoms with Crippen molar-refractivity contribution >= 4 is 29.2 Å².